The largest absolute Gasteiger partial charge is 0.296 e. The fraction of sp³-hybridized carbons (Fsp3) is 0.250. The van der Waals surface area contributed by atoms with Crippen molar-refractivity contribution in [3.8, 4) is 0 Å². The Morgan fingerprint density at radius 3 is 2.60 bits per heavy atom. The average molecular weight is 335 g/mol. The molecule has 2 aromatic rings. The van der Waals surface area contributed by atoms with Gasteiger partial charge in [0.2, 0.25) is 11.9 Å². The van der Waals surface area contributed by atoms with Crippen LogP contribution >= 0.6 is 0 Å². The lowest BCUT2D eigenvalue weighted by Crippen LogP contribution is -2.47. The van der Waals surface area contributed by atoms with Gasteiger partial charge in [-0.1, -0.05) is 49.4 Å². The van der Waals surface area contributed by atoms with Crippen LogP contribution < -0.4 is 10.6 Å². The van der Waals surface area contributed by atoms with Crippen LogP contribution in [0.1, 0.15) is 46.4 Å². The van der Waals surface area contributed by atoms with Gasteiger partial charge in [0.1, 0.15) is 0 Å². The van der Waals surface area contributed by atoms with Crippen LogP contribution in [0.5, 0.6) is 0 Å². The van der Waals surface area contributed by atoms with Crippen molar-refractivity contribution in [1.82, 2.24) is 10.6 Å². The van der Waals surface area contributed by atoms with Gasteiger partial charge in [-0.15, -0.1) is 0 Å². The Morgan fingerprint density at radius 1 is 1.20 bits per heavy atom. The molecule has 0 saturated heterocycles. The summed E-state index contributed by atoms with van der Waals surface area (Å²) in [4.78, 5) is 29.0. The summed E-state index contributed by atoms with van der Waals surface area (Å²) >= 11 is 0. The molecule has 1 aliphatic rings. The van der Waals surface area contributed by atoms with Crippen molar-refractivity contribution >= 4 is 17.8 Å². The lowest BCUT2D eigenvalue weighted by Gasteiger charge is -2.21. The number of amides is 2. The average Bonchev–Trinajstić information content (AvgIpc) is 2.61. The third-order valence-corrected chi connectivity index (χ3v) is 4.32. The van der Waals surface area contributed by atoms with Crippen molar-refractivity contribution < 1.29 is 9.59 Å². The first kappa shape index (κ1) is 16.9. The lowest BCUT2D eigenvalue weighted by atomic mass is 10.0. The van der Waals surface area contributed by atoms with Gasteiger partial charge in [-0.05, 0) is 36.1 Å². The highest BCUT2D eigenvalue weighted by molar-refractivity contribution is 6.11. The number of nitrogens with zero attached hydrogens (tertiary/aromatic N) is 1. The number of benzene rings is 2. The summed E-state index contributed by atoms with van der Waals surface area (Å²) in [5.41, 5.74) is 3.64. The minimum Gasteiger partial charge on any atom is -0.296 e. The molecule has 3 rings (SSSR count). The van der Waals surface area contributed by atoms with Crippen LogP contribution in [-0.2, 0) is 11.2 Å². The van der Waals surface area contributed by atoms with Crippen LogP contribution in [0, 0.1) is 6.92 Å². The summed E-state index contributed by atoms with van der Waals surface area (Å²) in [5.74, 6) is -0.229. The number of aliphatic imine (C=N–C) groups is 1. The number of guanidine groups is 1. The molecule has 0 radical (unpaired) electrons. The van der Waals surface area contributed by atoms with Crippen molar-refractivity contribution in [3.05, 3.63) is 70.8 Å². The Balaban J connectivity index is 1.80. The highest BCUT2D eigenvalue weighted by Crippen LogP contribution is 2.24. The molecule has 0 aliphatic carbocycles. The Labute approximate surface area is 147 Å². The Hall–Kier alpha value is -2.95. The zero-order chi connectivity index (χ0) is 17.8. The van der Waals surface area contributed by atoms with Crippen LogP contribution in [0.4, 0.5) is 0 Å². The SMILES string of the molecule is CCc1ccc([C@@H]2CC(=O)NC(NC(=O)c3ccccc3C)=N2)cc1. The van der Waals surface area contributed by atoms with E-state index in [1.165, 1.54) is 5.56 Å². The van der Waals surface area contributed by atoms with Crippen molar-refractivity contribution in [2.24, 2.45) is 4.99 Å². The van der Waals surface area contributed by atoms with E-state index in [1.54, 1.807) is 12.1 Å². The molecule has 0 saturated carbocycles. The molecule has 2 aromatic carbocycles. The number of carbonyl (C=O) groups is 2. The van der Waals surface area contributed by atoms with E-state index >= 15 is 0 Å². The van der Waals surface area contributed by atoms with Gasteiger partial charge in [-0.2, -0.15) is 0 Å². The van der Waals surface area contributed by atoms with Crippen molar-refractivity contribution in [3.63, 3.8) is 0 Å². The predicted molar refractivity (Wildman–Crippen MR) is 97.4 cm³/mol. The summed E-state index contributed by atoms with van der Waals surface area (Å²) in [6.45, 7) is 3.97. The van der Waals surface area contributed by atoms with Gasteiger partial charge in [-0.25, -0.2) is 4.99 Å². The number of nitrogens with one attached hydrogen (secondary N) is 2. The van der Waals surface area contributed by atoms with Gasteiger partial charge in [0.15, 0.2) is 0 Å². The smallest absolute Gasteiger partial charge is 0.258 e. The molecule has 0 aromatic heterocycles. The summed E-state index contributed by atoms with van der Waals surface area (Å²) in [6.07, 6.45) is 1.24. The summed E-state index contributed by atoms with van der Waals surface area (Å²) in [5, 5.41) is 5.35. The Bertz CT molecular complexity index is 825. The van der Waals surface area contributed by atoms with Gasteiger partial charge in [0.25, 0.3) is 5.91 Å². The minimum absolute atomic E-state index is 0.153. The van der Waals surface area contributed by atoms with Crippen molar-refractivity contribution in [2.45, 2.75) is 32.7 Å². The number of rotatable bonds is 3. The van der Waals surface area contributed by atoms with E-state index in [0.717, 1.165) is 17.5 Å². The topological polar surface area (TPSA) is 70.6 Å². The van der Waals surface area contributed by atoms with Crippen LogP contribution in [0.2, 0.25) is 0 Å². The second-order valence-corrected chi connectivity index (χ2v) is 6.11. The zero-order valence-corrected chi connectivity index (χ0v) is 14.4. The molecule has 0 unspecified atom stereocenters. The molecular weight excluding hydrogens is 314 g/mol. The molecule has 1 atom stereocenters. The molecular formula is C20H21N3O2. The molecule has 5 nitrogen and oxygen atoms in total. The molecule has 2 N–H and O–H groups in total. The molecule has 128 valence electrons. The van der Waals surface area contributed by atoms with Crippen molar-refractivity contribution in [1.29, 1.82) is 0 Å². The molecule has 1 aliphatic heterocycles. The van der Waals surface area contributed by atoms with Gasteiger partial charge in [-0.3, -0.25) is 20.2 Å². The molecule has 25 heavy (non-hydrogen) atoms. The van der Waals surface area contributed by atoms with E-state index in [4.69, 9.17) is 0 Å². The maximum atomic E-state index is 12.4. The lowest BCUT2D eigenvalue weighted by molar-refractivity contribution is -0.120. The Kier molecular flexibility index (Phi) is 4.93. The van der Waals surface area contributed by atoms with E-state index < -0.39 is 0 Å². The van der Waals surface area contributed by atoms with Crippen molar-refractivity contribution in [2.75, 3.05) is 0 Å². The van der Waals surface area contributed by atoms with Gasteiger partial charge >= 0.3 is 0 Å². The number of hydrogen-bond donors (Lipinski definition) is 2. The maximum absolute atomic E-state index is 12.4. The third-order valence-electron chi connectivity index (χ3n) is 4.32. The second-order valence-electron chi connectivity index (χ2n) is 6.11. The standard InChI is InChI=1S/C20H21N3O2/c1-3-14-8-10-15(11-9-14)17-12-18(24)22-20(21-17)23-19(25)16-7-5-4-6-13(16)2/h4-11,17H,3,12H2,1-2H3,(H2,21,22,23,24,25)/t17-/m0/s1. The third kappa shape index (κ3) is 3.94. The van der Waals surface area contributed by atoms with Crippen LogP contribution in [0.15, 0.2) is 53.5 Å². The van der Waals surface area contributed by atoms with Crippen LogP contribution in [-0.4, -0.2) is 17.8 Å². The molecule has 1 heterocycles. The molecule has 0 fully saturated rings. The first-order chi connectivity index (χ1) is 12.1. The normalized spacial score (nSPS) is 16.8. The first-order valence-electron chi connectivity index (χ1n) is 8.40. The quantitative estimate of drug-likeness (QED) is 0.905. The van der Waals surface area contributed by atoms with Gasteiger partial charge in [0, 0.05) is 5.56 Å². The van der Waals surface area contributed by atoms with E-state index in [1.807, 2.05) is 43.3 Å². The molecule has 0 bridgehead atoms. The van der Waals surface area contributed by atoms with Crippen LogP contribution in [0.3, 0.4) is 0 Å². The first-order valence-corrected chi connectivity index (χ1v) is 8.40. The predicted octanol–water partition coefficient (Wildman–Crippen LogP) is 2.90. The highest BCUT2D eigenvalue weighted by Gasteiger charge is 2.24. The number of hydrogen-bond acceptors (Lipinski definition) is 3. The van der Waals surface area contributed by atoms with Gasteiger partial charge < -0.3 is 0 Å². The minimum atomic E-state index is -0.285. The summed E-state index contributed by atoms with van der Waals surface area (Å²) < 4.78 is 0. The van der Waals surface area contributed by atoms with E-state index in [0.29, 0.717) is 5.56 Å². The maximum Gasteiger partial charge on any atom is 0.258 e. The van der Waals surface area contributed by atoms with E-state index in [-0.39, 0.29) is 30.2 Å². The van der Waals surface area contributed by atoms with E-state index in [2.05, 4.69) is 22.5 Å². The fourth-order valence-electron chi connectivity index (χ4n) is 2.83. The number of carbonyl (C=O) groups excluding carboxylic acids is 2. The van der Waals surface area contributed by atoms with Crippen LogP contribution in [0.25, 0.3) is 0 Å². The van der Waals surface area contributed by atoms with Gasteiger partial charge in [0.05, 0.1) is 12.5 Å². The summed E-state index contributed by atoms with van der Waals surface area (Å²) in [7, 11) is 0. The summed E-state index contributed by atoms with van der Waals surface area (Å²) in [6, 6.07) is 15.1. The second kappa shape index (κ2) is 7.30. The number of aryl methyl sites for hydroxylation is 2. The van der Waals surface area contributed by atoms with E-state index in [9.17, 15) is 9.59 Å². The highest BCUT2D eigenvalue weighted by atomic mass is 16.2. The molecule has 0 spiro atoms. The monoisotopic (exact) mass is 335 g/mol. The zero-order valence-electron chi connectivity index (χ0n) is 14.4. The molecule has 5 heteroatoms. The molecule has 2 amide bonds. The fourth-order valence-corrected chi connectivity index (χ4v) is 2.83. The Morgan fingerprint density at radius 2 is 1.92 bits per heavy atom.